The molecule has 0 atom stereocenters. The van der Waals surface area contributed by atoms with Crippen molar-refractivity contribution in [2.75, 3.05) is 5.32 Å². The van der Waals surface area contributed by atoms with Gasteiger partial charge in [-0.3, -0.25) is 0 Å². The first kappa shape index (κ1) is 12.7. The summed E-state index contributed by atoms with van der Waals surface area (Å²) in [5.74, 6) is 0. The normalized spacial score (nSPS) is 10.4. The first-order valence-corrected chi connectivity index (χ1v) is 6.15. The number of benzene rings is 2. The molecule has 2 nitrogen and oxygen atoms in total. The Morgan fingerprint density at radius 2 is 1.50 bits per heavy atom. The molecular formula is C16H19NO. The minimum Gasteiger partial charge on any atom is -0.392 e. The first-order valence-electron chi connectivity index (χ1n) is 6.15. The van der Waals surface area contributed by atoms with Crippen LogP contribution in [-0.2, 0) is 6.61 Å². The second-order valence-electron chi connectivity index (χ2n) is 4.75. The van der Waals surface area contributed by atoms with Gasteiger partial charge in [0.05, 0.1) is 6.61 Å². The molecule has 2 heteroatoms. The molecule has 0 aliphatic rings. The van der Waals surface area contributed by atoms with Gasteiger partial charge >= 0.3 is 0 Å². The zero-order valence-corrected chi connectivity index (χ0v) is 11.1. The molecule has 18 heavy (non-hydrogen) atoms. The van der Waals surface area contributed by atoms with E-state index in [0.717, 1.165) is 16.9 Å². The Hall–Kier alpha value is -1.80. The molecule has 0 unspecified atom stereocenters. The minimum absolute atomic E-state index is 0.0862. The summed E-state index contributed by atoms with van der Waals surface area (Å²) in [7, 11) is 0. The van der Waals surface area contributed by atoms with E-state index in [4.69, 9.17) is 5.11 Å². The topological polar surface area (TPSA) is 32.3 Å². The molecule has 0 fully saturated rings. The van der Waals surface area contributed by atoms with E-state index >= 15 is 0 Å². The van der Waals surface area contributed by atoms with E-state index in [2.05, 4.69) is 38.2 Å². The van der Waals surface area contributed by atoms with Crippen molar-refractivity contribution < 1.29 is 5.11 Å². The standard InChI is InChI=1S/C16H19NO/c1-11-8-12(2)16(13(3)9-11)17-15-6-4-14(10-18)5-7-15/h4-9,17-18H,10H2,1-3H3. The van der Waals surface area contributed by atoms with Crippen LogP contribution >= 0.6 is 0 Å². The smallest absolute Gasteiger partial charge is 0.0681 e. The predicted molar refractivity (Wildman–Crippen MR) is 76.3 cm³/mol. The van der Waals surface area contributed by atoms with Crippen molar-refractivity contribution in [1.82, 2.24) is 0 Å². The largest absolute Gasteiger partial charge is 0.392 e. The molecule has 0 aliphatic heterocycles. The van der Waals surface area contributed by atoms with Gasteiger partial charge in [0.2, 0.25) is 0 Å². The molecule has 0 saturated carbocycles. The van der Waals surface area contributed by atoms with Crippen molar-refractivity contribution >= 4 is 11.4 Å². The third-order valence-corrected chi connectivity index (χ3v) is 3.08. The number of aryl methyl sites for hydroxylation is 3. The van der Waals surface area contributed by atoms with Crippen LogP contribution in [0.4, 0.5) is 11.4 Å². The van der Waals surface area contributed by atoms with Gasteiger partial charge in [0, 0.05) is 11.4 Å². The number of hydrogen-bond donors (Lipinski definition) is 2. The van der Waals surface area contributed by atoms with E-state index in [0.29, 0.717) is 0 Å². The van der Waals surface area contributed by atoms with Gasteiger partial charge in [0.15, 0.2) is 0 Å². The summed E-state index contributed by atoms with van der Waals surface area (Å²) in [6, 6.07) is 12.2. The lowest BCUT2D eigenvalue weighted by atomic mass is 10.0. The van der Waals surface area contributed by atoms with Crippen LogP contribution in [0.1, 0.15) is 22.3 Å². The molecule has 0 radical (unpaired) electrons. The van der Waals surface area contributed by atoms with Crippen LogP contribution in [0.2, 0.25) is 0 Å². The van der Waals surface area contributed by atoms with E-state index in [1.165, 1.54) is 16.7 Å². The zero-order valence-electron chi connectivity index (χ0n) is 11.1. The van der Waals surface area contributed by atoms with Crippen LogP contribution < -0.4 is 5.32 Å². The van der Waals surface area contributed by atoms with Crippen LogP contribution in [0, 0.1) is 20.8 Å². The number of nitrogens with one attached hydrogen (secondary N) is 1. The highest BCUT2D eigenvalue weighted by Crippen LogP contribution is 2.25. The fourth-order valence-electron chi connectivity index (χ4n) is 2.22. The highest BCUT2D eigenvalue weighted by molar-refractivity contribution is 5.67. The van der Waals surface area contributed by atoms with Crippen molar-refractivity contribution in [3.63, 3.8) is 0 Å². The van der Waals surface area contributed by atoms with Gasteiger partial charge < -0.3 is 10.4 Å². The third kappa shape index (κ3) is 2.71. The van der Waals surface area contributed by atoms with Crippen molar-refractivity contribution in [2.45, 2.75) is 27.4 Å². The third-order valence-electron chi connectivity index (χ3n) is 3.08. The van der Waals surface area contributed by atoms with Gasteiger partial charge in [0.25, 0.3) is 0 Å². The minimum atomic E-state index is 0.0862. The van der Waals surface area contributed by atoms with Gasteiger partial charge in [-0.1, -0.05) is 29.8 Å². The SMILES string of the molecule is Cc1cc(C)c(Nc2ccc(CO)cc2)c(C)c1. The van der Waals surface area contributed by atoms with Crippen LogP contribution in [-0.4, -0.2) is 5.11 Å². The van der Waals surface area contributed by atoms with Crippen LogP contribution in [0.5, 0.6) is 0 Å². The Bertz CT molecular complexity index is 521. The van der Waals surface area contributed by atoms with Gasteiger partial charge in [-0.2, -0.15) is 0 Å². The molecule has 0 saturated heterocycles. The maximum atomic E-state index is 9.02. The lowest BCUT2D eigenvalue weighted by molar-refractivity contribution is 0.282. The molecule has 2 aromatic carbocycles. The van der Waals surface area contributed by atoms with Crippen LogP contribution in [0.25, 0.3) is 0 Å². The number of anilines is 2. The Kier molecular flexibility index (Phi) is 3.68. The van der Waals surface area contributed by atoms with Gasteiger partial charge in [-0.05, 0) is 49.6 Å². The molecule has 94 valence electrons. The van der Waals surface area contributed by atoms with E-state index in [-0.39, 0.29) is 6.61 Å². The van der Waals surface area contributed by atoms with E-state index in [9.17, 15) is 0 Å². The average molecular weight is 241 g/mol. The van der Waals surface area contributed by atoms with Crippen LogP contribution in [0.15, 0.2) is 36.4 Å². The molecule has 0 aliphatic carbocycles. The number of aliphatic hydroxyl groups excluding tert-OH is 1. The monoisotopic (exact) mass is 241 g/mol. The Labute approximate surface area is 108 Å². The highest BCUT2D eigenvalue weighted by Gasteiger charge is 2.04. The van der Waals surface area contributed by atoms with Gasteiger partial charge in [-0.15, -0.1) is 0 Å². The summed E-state index contributed by atoms with van der Waals surface area (Å²) in [6.07, 6.45) is 0. The van der Waals surface area contributed by atoms with Crippen LogP contribution in [0.3, 0.4) is 0 Å². The molecule has 0 spiro atoms. The predicted octanol–water partition coefficient (Wildman–Crippen LogP) is 3.85. The van der Waals surface area contributed by atoms with E-state index in [1.807, 2.05) is 24.3 Å². The molecule has 0 aromatic heterocycles. The Morgan fingerprint density at radius 3 is 2.00 bits per heavy atom. The quantitative estimate of drug-likeness (QED) is 0.855. The summed E-state index contributed by atoms with van der Waals surface area (Å²) < 4.78 is 0. The summed E-state index contributed by atoms with van der Waals surface area (Å²) in [5, 5.41) is 12.5. The van der Waals surface area contributed by atoms with Crippen molar-refractivity contribution in [3.8, 4) is 0 Å². The summed E-state index contributed by atoms with van der Waals surface area (Å²) in [6.45, 7) is 6.43. The molecule has 2 N–H and O–H groups in total. The molecule has 0 heterocycles. The summed E-state index contributed by atoms with van der Waals surface area (Å²) in [5.41, 5.74) is 6.92. The number of aliphatic hydroxyl groups is 1. The molecular weight excluding hydrogens is 222 g/mol. The molecule has 0 bridgehead atoms. The zero-order chi connectivity index (χ0) is 13.1. The molecule has 2 rings (SSSR count). The fourth-order valence-corrected chi connectivity index (χ4v) is 2.22. The lowest BCUT2D eigenvalue weighted by Crippen LogP contribution is -1.97. The maximum Gasteiger partial charge on any atom is 0.0681 e. The maximum absolute atomic E-state index is 9.02. The van der Waals surface area contributed by atoms with Gasteiger partial charge in [0.1, 0.15) is 0 Å². The van der Waals surface area contributed by atoms with Crippen molar-refractivity contribution in [2.24, 2.45) is 0 Å². The summed E-state index contributed by atoms with van der Waals surface area (Å²) >= 11 is 0. The fraction of sp³-hybridized carbons (Fsp3) is 0.250. The first-order chi connectivity index (χ1) is 8.60. The second kappa shape index (κ2) is 5.23. The molecule has 2 aromatic rings. The van der Waals surface area contributed by atoms with E-state index < -0.39 is 0 Å². The Morgan fingerprint density at radius 1 is 0.944 bits per heavy atom. The van der Waals surface area contributed by atoms with Crippen molar-refractivity contribution in [1.29, 1.82) is 0 Å². The van der Waals surface area contributed by atoms with E-state index in [1.54, 1.807) is 0 Å². The Balaban J connectivity index is 2.28. The number of rotatable bonds is 3. The average Bonchev–Trinajstić information content (AvgIpc) is 2.34. The lowest BCUT2D eigenvalue weighted by Gasteiger charge is -2.14. The molecule has 0 amide bonds. The second-order valence-corrected chi connectivity index (χ2v) is 4.75. The van der Waals surface area contributed by atoms with Crippen molar-refractivity contribution in [3.05, 3.63) is 58.7 Å². The number of hydrogen-bond acceptors (Lipinski definition) is 2. The highest BCUT2D eigenvalue weighted by atomic mass is 16.3. The summed E-state index contributed by atoms with van der Waals surface area (Å²) in [4.78, 5) is 0. The van der Waals surface area contributed by atoms with Gasteiger partial charge in [-0.25, -0.2) is 0 Å².